The van der Waals surface area contributed by atoms with E-state index in [0.717, 1.165) is 12.2 Å². The zero-order chi connectivity index (χ0) is 14.4. The third kappa shape index (κ3) is 4.00. The van der Waals surface area contributed by atoms with E-state index in [2.05, 4.69) is 10.2 Å². The van der Waals surface area contributed by atoms with Crippen molar-refractivity contribution in [1.29, 1.82) is 0 Å². The lowest BCUT2D eigenvalue weighted by Gasteiger charge is -2.29. The zero-order valence-electron chi connectivity index (χ0n) is 12.1. The van der Waals surface area contributed by atoms with E-state index in [9.17, 15) is 9.90 Å². The average molecular weight is 277 g/mol. The summed E-state index contributed by atoms with van der Waals surface area (Å²) in [5.74, 6) is 0.426. The minimum Gasteiger partial charge on any atom is -0.395 e. The Morgan fingerprint density at radius 2 is 2.05 bits per heavy atom. The first kappa shape index (κ1) is 14.9. The smallest absolute Gasteiger partial charge is 0.274 e. The molecular formula is C15H23N3O2. The molecule has 110 valence electrons. The molecule has 1 aromatic heterocycles. The second-order valence-corrected chi connectivity index (χ2v) is 5.54. The highest BCUT2D eigenvalue weighted by Gasteiger charge is 2.22. The van der Waals surface area contributed by atoms with Crippen molar-refractivity contribution >= 4 is 5.91 Å². The van der Waals surface area contributed by atoms with Gasteiger partial charge in [0.15, 0.2) is 5.69 Å². The van der Waals surface area contributed by atoms with Gasteiger partial charge in [-0.1, -0.05) is 19.3 Å². The highest BCUT2D eigenvalue weighted by atomic mass is 16.3. The van der Waals surface area contributed by atoms with Crippen LogP contribution < -0.4 is 0 Å². The summed E-state index contributed by atoms with van der Waals surface area (Å²) in [4.78, 5) is 14.1. The van der Waals surface area contributed by atoms with Gasteiger partial charge in [0.05, 0.1) is 12.3 Å². The number of rotatable bonds is 5. The molecule has 1 aliphatic carbocycles. The number of carbonyl (C=O) groups is 1. The van der Waals surface area contributed by atoms with Crippen molar-refractivity contribution in [3.63, 3.8) is 0 Å². The Labute approximate surface area is 120 Å². The van der Waals surface area contributed by atoms with Crippen molar-refractivity contribution in [2.24, 2.45) is 5.92 Å². The van der Waals surface area contributed by atoms with Crippen LogP contribution in [0.3, 0.4) is 0 Å². The van der Waals surface area contributed by atoms with E-state index in [1.165, 1.54) is 32.1 Å². The normalized spacial score (nSPS) is 16.1. The van der Waals surface area contributed by atoms with Crippen LogP contribution in [0.2, 0.25) is 0 Å². The molecule has 1 saturated carbocycles. The summed E-state index contributed by atoms with van der Waals surface area (Å²) < 4.78 is 0. The van der Waals surface area contributed by atoms with Crippen molar-refractivity contribution < 1.29 is 9.90 Å². The summed E-state index contributed by atoms with van der Waals surface area (Å²) in [6, 6.07) is 3.49. The van der Waals surface area contributed by atoms with Gasteiger partial charge in [0, 0.05) is 13.1 Å². The van der Waals surface area contributed by atoms with Gasteiger partial charge in [-0.3, -0.25) is 4.79 Å². The summed E-state index contributed by atoms with van der Waals surface area (Å²) in [5.41, 5.74) is 1.15. The van der Waals surface area contributed by atoms with Crippen LogP contribution in [0.15, 0.2) is 12.1 Å². The second kappa shape index (κ2) is 7.33. The molecule has 20 heavy (non-hydrogen) atoms. The predicted molar refractivity (Wildman–Crippen MR) is 76.3 cm³/mol. The van der Waals surface area contributed by atoms with Crippen LogP contribution in [0.25, 0.3) is 0 Å². The first-order valence-electron chi connectivity index (χ1n) is 7.41. The number of amides is 1. The molecule has 0 aromatic carbocycles. The number of aliphatic hydroxyl groups is 1. The lowest BCUT2D eigenvalue weighted by atomic mass is 9.89. The largest absolute Gasteiger partial charge is 0.395 e. The topological polar surface area (TPSA) is 66.3 Å². The van der Waals surface area contributed by atoms with Crippen LogP contribution in [0.4, 0.5) is 0 Å². The average Bonchev–Trinajstić information content (AvgIpc) is 2.48. The Morgan fingerprint density at radius 3 is 2.65 bits per heavy atom. The molecule has 0 unspecified atom stereocenters. The number of nitrogens with zero attached hydrogens (tertiary/aromatic N) is 3. The van der Waals surface area contributed by atoms with Crippen molar-refractivity contribution in [2.45, 2.75) is 39.0 Å². The molecular weight excluding hydrogens is 254 g/mol. The van der Waals surface area contributed by atoms with Crippen molar-refractivity contribution in [2.75, 3.05) is 19.7 Å². The van der Waals surface area contributed by atoms with Crippen molar-refractivity contribution in [1.82, 2.24) is 15.1 Å². The molecule has 2 rings (SSSR count). The molecule has 1 aromatic rings. The summed E-state index contributed by atoms with van der Waals surface area (Å²) in [5, 5.41) is 17.1. The van der Waals surface area contributed by atoms with E-state index in [0.29, 0.717) is 18.2 Å². The summed E-state index contributed by atoms with van der Waals surface area (Å²) in [7, 11) is 0. The lowest BCUT2D eigenvalue weighted by Crippen LogP contribution is -2.38. The SMILES string of the molecule is Cc1ccc(C(=O)N(CCO)CC2CCCCC2)nn1. The maximum atomic E-state index is 12.4. The molecule has 1 amide bonds. The third-order valence-corrected chi connectivity index (χ3v) is 3.88. The van der Waals surface area contributed by atoms with Crippen LogP contribution in [-0.4, -0.2) is 45.8 Å². The number of aryl methyl sites for hydroxylation is 1. The standard InChI is InChI=1S/C15H23N3O2/c1-12-7-8-14(17-16-12)15(20)18(9-10-19)11-13-5-3-2-4-6-13/h7-8,13,19H,2-6,9-11H2,1H3. The minimum atomic E-state index is -0.128. The molecule has 0 radical (unpaired) electrons. The molecule has 1 heterocycles. The fourth-order valence-electron chi connectivity index (χ4n) is 2.75. The van der Waals surface area contributed by atoms with Gasteiger partial charge in [0.2, 0.25) is 0 Å². The van der Waals surface area contributed by atoms with E-state index in [-0.39, 0.29) is 12.5 Å². The van der Waals surface area contributed by atoms with Crippen molar-refractivity contribution in [3.05, 3.63) is 23.5 Å². The maximum absolute atomic E-state index is 12.4. The number of aromatic nitrogens is 2. The minimum absolute atomic E-state index is 0.0161. The monoisotopic (exact) mass is 277 g/mol. The third-order valence-electron chi connectivity index (χ3n) is 3.88. The Kier molecular flexibility index (Phi) is 5.47. The number of carbonyl (C=O) groups excluding carboxylic acids is 1. The van der Waals surface area contributed by atoms with Crippen LogP contribution in [0.5, 0.6) is 0 Å². The van der Waals surface area contributed by atoms with Gasteiger partial charge >= 0.3 is 0 Å². The molecule has 0 spiro atoms. The molecule has 1 fully saturated rings. The maximum Gasteiger partial charge on any atom is 0.274 e. The van der Waals surface area contributed by atoms with Crippen LogP contribution >= 0.6 is 0 Å². The fourth-order valence-corrected chi connectivity index (χ4v) is 2.75. The Balaban J connectivity index is 2.02. The molecule has 5 nitrogen and oxygen atoms in total. The Hall–Kier alpha value is -1.49. The quantitative estimate of drug-likeness (QED) is 0.891. The van der Waals surface area contributed by atoms with Crippen LogP contribution in [-0.2, 0) is 0 Å². The summed E-state index contributed by atoms with van der Waals surface area (Å²) in [6.07, 6.45) is 6.14. The van der Waals surface area contributed by atoms with Crippen LogP contribution in [0, 0.1) is 12.8 Å². The number of hydrogen-bond acceptors (Lipinski definition) is 4. The molecule has 1 N–H and O–H groups in total. The molecule has 1 aliphatic rings. The molecule has 0 bridgehead atoms. The molecule has 5 heteroatoms. The number of hydrogen-bond donors (Lipinski definition) is 1. The van der Waals surface area contributed by atoms with Gasteiger partial charge in [-0.15, -0.1) is 5.10 Å². The second-order valence-electron chi connectivity index (χ2n) is 5.54. The Bertz CT molecular complexity index is 427. The lowest BCUT2D eigenvalue weighted by molar-refractivity contribution is 0.0668. The fraction of sp³-hybridized carbons (Fsp3) is 0.667. The van der Waals surface area contributed by atoms with Gasteiger partial charge < -0.3 is 10.0 Å². The van der Waals surface area contributed by atoms with E-state index in [4.69, 9.17) is 0 Å². The zero-order valence-corrected chi connectivity index (χ0v) is 12.1. The summed E-state index contributed by atoms with van der Waals surface area (Å²) >= 11 is 0. The van der Waals surface area contributed by atoms with Gasteiger partial charge in [-0.2, -0.15) is 5.10 Å². The van der Waals surface area contributed by atoms with Crippen LogP contribution in [0.1, 0.15) is 48.3 Å². The predicted octanol–water partition coefficient (Wildman–Crippen LogP) is 1.80. The molecule has 0 aliphatic heterocycles. The van der Waals surface area contributed by atoms with E-state index in [1.807, 2.05) is 6.92 Å². The summed E-state index contributed by atoms with van der Waals surface area (Å²) in [6.45, 7) is 2.91. The highest BCUT2D eigenvalue weighted by molar-refractivity contribution is 5.92. The van der Waals surface area contributed by atoms with Gasteiger partial charge in [-0.05, 0) is 37.8 Å². The van der Waals surface area contributed by atoms with Gasteiger partial charge in [0.25, 0.3) is 5.91 Å². The first-order valence-corrected chi connectivity index (χ1v) is 7.41. The number of aliphatic hydroxyl groups excluding tert-OH is 1. The molecule has 0 saturated heterocycles. The van der Waals surface area contributed by atoms with E-state index in [1.54, 1.807) is 17.0 Å². The Morgan fingerprint density at radius 1 is 1.30 bits per heavy atom. The van der Waals surface area contributed by atoms with E-state index < -0.39 is 0 Å². The van der Waals surface area contributed by atoms with Gasteiger partial charge in [-0.25, -0.2) is 0 Å². The van der Waals surface area contributed by atoms with Crippen molar-refractivity contribution in [3.8, 4) is 0 Å². The molecule has 0 atom stereocenters. The van der Waals surface area contributed by atoms with Gasteiger partial charge in [0.1, 0.15) is 0 Å². The van der Waals surface area contributed by atoms with E-state index >= 15 is 0 Å². The first-order chi connectivity index (χ1) is 9.70. The highest BCUT2D eigenvalue weighted by Crippen LogP contribution is 2.24.